The Labute approximate surface area is 158 Å². The number of carbonyl (C=O) groups excluding carboxylic acids is 1. The molecule has 3 aromatic carbocycles. The SMILES string of the molecule is COc1ccc(Sc2ccccc2CC(=O)OCc2ccccc2)cc1. The molecule has 3 nitrogen and oxygen atoms in total. The maximum Gasteiger partial charge on any atom is 0.310 e. The summed E-state index contributed by atoms with van der Waals surface area (Å²) in [4.78, 5) is 14.4. The molecule has 0 aliphatic carbocycles. The van der Waals surface area contributed by atoms with Gasteiger partial charge in [0.1, 0.15) is 12.4 Å². The van der Waals surface area contributed by atoms with E-state index in [9.17, 15) is 4.79 Å². The van der Waals surface area contributed by atoms with E-state index in [4.69, 9.17) is 9.47 Å². The van der Waals surface area contributed by atoms with E-state index >= 15 is 0 Å². The van der Waals surface area contributed by atoms with Crippen molar-refractivity contribution in [2.24, 2.45) is 0 Å². The van der Waals surface area contributed by atoms with Gasteiger partial charge in [-0.2, -0.15) is 0 Å². The van der Waals surface area contributed by atoms with E-state index in [1.165, 1.54) is 0 Å². The standard InChI is InChI=1S/C22H20O3S/c1-24-19-11-13-20(14-12-19)26-21-10-6-5-9-18(21)15-22(23)25-16-17-7-3-2-4-8-17/h2-14H,15-16H2,1H3. The first-order valence-electron chi connectivity index (χ1n) is 8.34. The molecule has 0 unspecified atom stereocenters. The Morgan fingerprint density at radius 1 is 0.885 bits per heavy atom. The van der Waals surface area contributed by atoms with Gasteiger partial charge in [-0.3, -0.25) is 4.79 Å². The topological polar surface area (TPSA) is 35.5 Å². The number of benzene rings is 3. The van der Waals surface area contributed by atoms with Crippen LogP contribution in [0.25, 0.3) is 0 Å². The summed E-state index contributed by atoms with van der Waals surface area (Å²) < 4.78 is 10.6. The minimum Gasteiger partial charge on any atom is -0.497 e. The van der Waals surface area contributed by atoms with E-state index in [0.717, 1.165) is 26.7 Å². The zero-order chi connectivity index (χ0) is 18.2. The fourth-order valence-electron chi connectivity index (χ4n) is 2.46. The number of hydrogen-bond donors (Lipinski definition) is 0. The van der Waals surface area contributed by atoms with Gasteiger partial charge in [0.2, 0.25) is 0 Å². The summed E-state index contributed by atoms with van der Waals surface area (Å²) in [7, 11) is 1.65. The van der Waals surface area contributed by atoms with Crippen molar-refractivity contribution >= 4 is 17.7 Å². The lowest BCUT2D eigenvalue weighted by molar-refractivity contribution is -0.144. The molecule has 0 radical (unpaired) electrons. The number of rotatable bonds is 7. The molecule has 0 aromatic heterocycles. The van der Waals surface area contributed by atoms with Crippen molar-refractivity contribution in [2.45, 2.75) is 22.8 Å². The van der Waals surface area contributed by atoms with E-state index < -0.39 is 0 Å². The third-order valence-electron chi connectivity index (χ3n) is 3.84. The average molecular weight is 364 g/mol. The highest BCUT2D eigenvalue weighted by Crippen LogP contribution is 2.31. The highest BCUT2D eigenvalue weighted by Gasteiger charge is 2.10. The van der Waals surface area contributed by atoms with Gasteiger partial charge < -0.3 is 9.47 Å². The van der Waals surface area contributed by atoms with Crippen LogP contribution in [0.5, 0.6) is 5.75 Å². The second-order valence-electron chi connectivity index (χ2n) is 5.71. The molecule has 0 fully saturated rings. The largest absolute Gasteiger partial charge is 0.497 e. The van der Waals surface area contributed by atoms with Crippen molar-refractivity contribution in [2.75, 3.05) is 7.11 Å². The van der Waals surface area contributed by atoms with Gasteiger partial charge in [-0.1, -0.05) is 60.3 Å². The molecule has 0 heterocycles. The van der Waals surface area contributed by atoms with Crippen LogP contribution in [0.15, 0.2) is 88.7 Å². The second kappa shape index (κ2) is 9.11. The van der Waals surface area contributed by atoms with Crippen molar-refractivity contribution in [3.05, 3.63) is 90.0 Å². The maximum atomic E-state index is 12.2. The fourth-order valence-corrected chi connectivity index (χ4v) is 3.41. The summed E-state index contributed by atoms with van der Waals surface area (Å²) in [6, 6.07) is 25.5. The van der Waals surface area contributed by atoms with E-state index in [1.54, 1.807) is 18.9 Å². The van der Waals surface area contributed by atoms with Gasteiger partial charge >= 0.3 is 5.97 Å². The summed E-state index contributed by atoms with van der Waals surface area (Å²) in [5.74, 6) is 0.601. The summed E-state index contributed by atoms with van der Waals surface area (Å²) >= 11 is 1.63. The molecule has 0 saturated carbocycles. The molecule has 3 rings (SSSR count). The fraction of sp³-hybridized carbons (Fsp3) is 0.136. The molecule has 4 heteroatoms. The van der Waals surface area contributed by atoms with Crippen molar-refractivity contribution in [3.8, 4) is 5.75 Å². The molecule has 0 saturated heterocycles. The Morgan fingerprint density at radius 3 is 2.31 bits per heavy atom. The van der Waals surface area contributed by atoms with Crippen LogP contribution in [0.1, 0.15) is 11.1 Å². The zero-order valence-corrected chi connectivity index (χ0v) is 15.4. The summed E-state index contributed by atoms with van der Waals surface area (Å²) in [5, 5.41) is 0. The molecule has 26 heavy (non-hydrogen) atoms. The Hall–Kier alpha value is -2.72. The van der Waals surface area contributed by atoms with Gasteiger partial charge in [-0.25, -0.2) is 0 Å². The van der Waals surface area contributed by atoms with Gasteiger partial charge in [0.25, 0.3) is 0 Å². The lowest BCUT2D eigenvalue weighted by atomic mass is 10.1. The Morgan fingerprint density at radius 2 is 1.58 bits per heavy atom. The molecule has 3 aromatic rings. The van der Waals surface area contributed by atoms with Crippen molar-refractivity contribution in [1.29, 1.82) is 0 Å². The van der Waals surface area contributed by atoms with Gasteiger partial charge in [-0.05, 0) is 41.5 Å². The number of hydrogen-bond acceptors (Lipinski definition) is 4. The van der Waals surface area contributed by atoms with Crippen LogP contribution in [0.3, 0.4) is 0 Å². The smallest absolute Gasteiger partial charge is 0.310 e. The monoisotopic (exact) mass is 364 g/mol. The Balaban J connectivity index is 1.63. The molecule has 132 valence electrons. The highest BCUT2D eigenvalue weighted by atomic mass is 32.2. The van der Waals surface area contributed by atoms with Crippen LogP contribution in [-0.2, 0) is 22.6 Å². The Kier molecular flexibility index (Phi) is 6.34. The first-order chi connectivity index (χ1) is 12.7. The van der Waals surface area contributed by atoms with Crippen molar-refractivity contribution < 1.29 is 14.3 Å². The lowest BCUT2D eigenvalue weighted by Gasteiger charge is -2.10. The predicted molar refractivity (Wildman–Crippen MR) is 104 cm³/mol. The summed E-state index contributed by atoms with van der Waals surface area (Å²) in [6.07, 6.45) is 0.256. The number of methoxy groups -OCH3 is 1. The molecule has 0 spiro atoms. The van der Waals surface area contributed by atoms with Crippen LogP contribution in [0.4, 0.5) is 0 Å². The van der Waals surface area contributed by atoms with Crippen molar-refractivity contribution in [1.82, 2.24) is 0 Å². The van der Waals surface area contributed by atoms with Gasteiger partial charge in [0.05, 0.1) is 13.5 Å². The summed E-state index contributed by atoms with van der Waals surface area (Å²) in [5.41, 5.74) is 1.95. The van der Waals surface area contributed by atoms with Crippen molar-refractivity contribution in [3.63, 3.8) is 0 Å². The number of ether oxygens (including phenoxy) is 2. The summed E-state index contributed by atoms with van der Waals surface area (Å²) in [6.45, 7) is 0.299. The Bertz CT molecular complexity index is 845. The molecule has 0 atom stereocenters. The predicted octanol–water partition coefficient (Wildman–Crippen LogP) is 5.13. The van der Waals surface area contributed by atoms with E-state index in [-0.39, 0.29) is 12.4 Å². The lowest BCUT2D eigenvalue weighted by Crippen LogP contribution is -2.08. The zero-order valence-electron chi connectivity index (χ0n) is 14.6. The number of carbonyl (C=O) groups is 1. The quantitative estimate of drug-likeness (QED) is 0.544. The van der Waals surface area contributed by atoms with Crippen LogP contribution in [0, 0.1) is 0 Å². The van der Waals surface area contributed by atoms with E-state index in [0.29, 0.717) is 6.61 Å². The van der Waals surface area contributed by atoms with Gasteiger partial charge in [0, 0.05) is 9.79 Å². The third-order valence-corrected chi connectivity index (χ3v) is 4.96. The normalized spacial score (nSPS) is 10.3. The second-order valence-corrected chi connectivity index (χ2v) is 6.82. The molecular weight excluding hydrogens is 344 g/mol. The minimum atomic E-state index is -0.225. The van der Waals surface area contributed by atoms with Crippen LogP contribution >= 0.6 is 11.8 Å². The minimum absolute atomic E-state index is 0.225. The highest BCUT2D eigenvalue weighted by molar-refractivity contribution is 7.99. The van der Waals surface area contributed by atoms with E-state index in [2.05, 4.69) is 0 Å². The van der Waals surface area contributed by atoms with Crippen LogP contribution in [-0.4, -0.2) is 13.1 Å². The number of esters is 1. The van der Waals surface area contributed by atoms with Gasteiger partial charge in [0.15, 0.2) is 0 Å². The van der Waals surface area contributed by atoms with Crippen LogP contribution < -0.4 is 4.74 Å². The third kappa shape index (κ3) is 5.14. The molecule has 0 aliphatic heterocycles. The molecule has 0 amide bonds. The molecule has 0 bridgehead atoms. The van der Waals surface area contributed by atoms with Crippen LogP contribution in [0.2, 0.25) is 0 Å². The average Bonchev–Trinajstić information content (AvgIpc) is 2.69. The molecule has 0 N–H and O–H groups in total. The van der Waals surface area contributed by atoms with E-state index in [1.807, 2.05) is 78.9 Å². The maximum absolute atomic E-state index is 12.2. The van der Waals surface area contributed by atoms with Gasteiger partial charge in [-0.15, -0.1) is 0 Å². The first kappa shape index (κ1) is 18.1. The molecular formula is C22H20O3S. The first-order valence-corrected chi connectivity index (χ1v) is 9.15. The molecule has 0 aliphatic rings.